The molecular formula is C26H26N4O4S2. The minimum Gasteiger partial charge on any atom is -0.463 e. The van der Waals surface area contributed by atoms with Crippen molar-refractivity contribution in [1.82, 2.24) is 9.29 Å². The molecule has 1 atom stereocenters. The molecule has 3 heterocycles. The number of furan rings is 1. The van der Waals surface area contributed by atoms with E-state index in [9.17, 15) is 13.2 Å². The molecule has 5 rings (SSSR count). The van der Waals surface area contributed by atoms with E-state index in [1.54, 1.807) is 12.1 Å². The lowest BCUT2D eigenvalue weighted by atomic mass is 10.0. The number of piperidine rings is 1. The summed E-state index contributed by atoms with van der Waals surface area (Å²) < 4.78 is 34.0. The van der Waals surface area contributed by atoms with Crippen molar-refractivity contribution < 1.29 is 17.6 Å². The van der Waals surface area contributed by atoms with Crippen LogP contribution in [0.4, 0.5) is 5.13 Å². The normalized spacial score (nSPS) is 17.1. The first-order valence-electron chi connectivity index (χ1n) is 11.7. The summed E-state index contributed by atoms with van der Waals surface area (Å²) in [6.45, 7) is 5.08. The van der Waals surface area contributed by atoms with E-state index >= 15 is 0 Å². The average Bonchev–Trinajstić information content (AvgIpc) is 3.54. The molecule has 0 bridgehead atoms. The zero-order valence-electron chi connectivity index (χ0n) is 20.0. The van der Waals surface area contributed by atoms with Gasteiger partial charge in [-0.25, -0.2) is 13.4 Å². The Morgan fingerprint density at radius 1 is 1.22 bits per heavy atom. The quantitative estimate of drug-likeness (QED) is 0.253. The highest BCUT2D eigenvalue weighted by Crippen LogP contribution is 2.31. The van der Waals surface area contributed by atoms with Crippen molar-refractivity contribution in [3.63, 3.8) is 0 Å². The van der Waals surface area contributed by atoms with E-state index in [4.69, 9.17) is 4.42 Å². The number of hydrazone groups is 1. The number of aryl methyl sites for hydroxylation is 1. The van der Waals surface area contributed by atoms with Crippen LogP contribution in [0, 0.1) is 12.8 Å². The van der Waals surface area contributed by atoms with Crippen LogP contribution in [0.3, 0.4) is 0 Å². The lowest BCUT2D eigenvalue weighted by Gasteiger charge is -2.30. The first kappa shape index (κ1) is 24.4. The van der Waals surface area contributed by atoms with E-state index in [-0.39, 0.29) is 4.90 Å². The van der Waals surface area contributed by atoms with Crippen molar-refractivity contribution in [1.29, 1.82) is 0 Å². The molecule has 2 aromatic heterocycles. The third kappa shape index (κ3) is 4.97. The number of carbonyl (C=O) groups is 1. The lowest BCUT2D eigenvalue weighted by molar-refractivity contribution is 0.0987. The van der Waals surface area contributed by atoms with Crippen LogP contribution < -0.4 is 5.01 Å². The number of sulfonamides is 1. The molecule has 186 valence electrons. The Balaban J connectivity index is 1.46. The number of anilines is 1. The summed E-state index contributed by atoms with van der Waals surface area (Å²) in [6.07, 6.45) is 4.85. The molecule has 10 heteroatoms. The standard InChI is InChI=1S/C26H26N4O4S2/c1-18-7-12-23-24(15-18)35-26(28-23)30(27-16-21-6-4-14-34-21)25(31)20-8-10-22(11-9-20)36(32,33)29-13-3-5-19(2)17-29/h4,6-12,14-16,19H,3,5,13,17H2,1-2H3/b27-16+. The number of carbonyl (C=O) groups excluding carboxylic acids is 1. The van der Waals surface area contributed by atoms with E-state index in [1.807, 2.05) is 25.1 Å². The Kier molecular flexibility index (Phi) is 6.74. The molecule has 0 spiro atoms. The summed E-state index contributed by atoms with van der Waals surface area (Å²) in [7, 11) is -3.61. The molecular weight excluding hydrogens is 496 g/mol. The van der Waals surface area contributed by atoms with Crippen LogP contribution in [-0.4, -0.2) is 42.9 Å². The van der Waals surface area contributed by atoms with Gasteiger partial charge in [-0.05, 0) is 79.8 Å². The van der Waals surface area contributed by atoms with E-state index in [2.05, 4.69) is 17.0 Å². The summed E-state index contributed by atoms with van der Waals surface area (Å²) in [5, 5.41) is 6.00. The van der Waals surface area contributed by atoms with Gasteiger partial charge in [0.05, 0.1) is 27.6 Å². The fraction of sp³-hybridized carbons (Fsp3) is 0.269. The van der Waals surface area contributed by atoms with Crippen molar-refractivity contribution >= 4 is 48.8 Å². The van der Waals surface area contributed by atoms with Crippen LogP contribution in [0.25, 0.3) is 10.2 Å². The molecule has 4 aromatic rings. The molecule has 0 N–H and O–H groups in total. The summed E-state index contributed by atoms with van der Waals surface area (Å²) in [6, 6.07) is 15.4. The first-order chi connectivity index (χ1) is 17.3. The van der Waals surface area contributed by atoms with Crippen LogP contribution in [-0.2, 0) is 10.0 Å². The number of aromatic nitrogens is 1. The van der Waals surface area contributed by atoms with Crippen LogP contribution in [0.1, 0.15) is 41.4 Å². The Labute approximate surface area is 213 Å². The van der Waals surface area contributed by atoms with E-state index < -0.39 is 15.9 Å². The van der Waals surface area contributed by atoms with Gasteiger partial charge in [-0.15, -0.1) is 0 Å². The van der Waals surface area contributed by atoms with E-state index in [0.717, 1.165) is 28.6 Å². The van der Waals surface area contributed by atoms with E-state index in [1.165, 1.54) is 57.4 Å². The number of amides is 1. The maximum absolute atomic E-state index is 13.5. The van der Waals surface area contributed by atoms with Gasteiger partial charge in [0.1, 0.15) is 5.76 Å². The second kappa shape index (κ2) is 9.96. The number of thiazole rings is 1. The topological polar surface area (TPSA) is 96.1 Å². The van der Waals surface area contributed by atoms with Crippen molar-refractivity contribution in [3.05, 3.63) is 77.7 Å². The van der Waals surface area contributed by atoms with Crippen molar-refractivity contribution in [3.8, 4) is 0 Å². The Morgan fingerprint density at radius 2 is 2.03 bits per heavy atom. The molecule has 1 saturated heterocycles. The van der Waals surface area contributed by atoms with Gasteiger partial charge in [-0.1, -0.05) is 24.3 Å². The number of hydrogen-bond acceptors (Lipinski definition) is 7. The zero-order valence-corrected chi connectivity index (χ0v) is 21.6. The fourth-order valence-corrected chi connectivity index (χ4v) is 6.80. The molecule has 0 aliphatic carbocycles. The van der Waals surface area contributed by atoms with Gasteiger partial charge < -0.3 is 4.42 Å². The highest BCUT2D eigenvalue weighted by molar-refractivity contribution is 7.89. The van der Waals surface area contributed by atoms with Crippen molar-refractivity contribution in [2.45, 2.75) is 31.6 Å². The van der Waals surface area contributed by atoms with Crippen molar-refractivity contribution in [2.24, 2.45) is 11.0 Å². The summed E-state index contributed by atoms with van der Waals surface area (Å²) in [5.74, 6) is 0.388. The minimum atomic E-state index is -3.61. The molecule has 1 fully saturated rings. The average molecular weight is 523 g/mol. The van der Waals surface area contributed by atoms with Gasteiger partial charge in [-0.2, -0.15) is 14.4 Å². The summed E-state index contributed by atoms with van der Waals surface area (Å²) >= 11 is 1.35. The third-order valence-electron chi connectivity index (χ3n) is 6.11. The second-order valence-corrected chi connectivity index (χ2v) is 11.9. The molecule has 0 radical (unpaired) electrons. The smallest absolute Gasteiger partial charge is 0.280 e. The van der Waals surface area contributed by atoms with Crippen LogP contribution in [0.5, 0.6) is 0 Å². The maximum Gasteiger partial charge on any atom is 0.280 e. The Hall–Kier alpha value is -3.34. The van der Waals surface area contributed by atoms with Gasteiger partial charge in [0.2, 0.25) is 15.2 Å². The molecule has 36 heavy (non-hydrogen) atoms. The Bertz CT molecular complexity index is 1510. The van der Waals surface area contributed by atoms with Gasteiger partial charge in [0, 0.05) is 18.7 Å². The van der Waals surface area contributed by atoms with Crippen LogP contribution in [0.15, 0.2) is 75.3 Å². The van der Waals surface area contributed by atoms with Gasteiger partial charge in [0.15, 0.2) is 0 Å². The number of nitrogens with zero attached hydrogens (tertiary/aromatic N) is 4. The highest BCUT2D eigenvalue weighted by Gasteiger charge is 2.29. The largest absolute Gasteiger partial charge is 0.463 e. The van der Waals surface area contributed by atoms with E-state index in [0.29, 0.717) is 35.5 Å². The lowest BCUT2D eigenvalue weighted by Crippen LogP contribution is -2.39. The zero-order chi connectivity index (χ0) is 25.3. The predicted molar refractivity (Wildman–Crippen MR) is 141 cm³/mol. The molecule has 0 saturated carbocycles. The van der Waals surface area contributed by atoms with Crippen molar-refractivity contribution in [2.75, 3.05) is 18.1 Å². The van der Waals surface area contributed by atoms with Crippen LogP contribution >= 0.6 is 11.3 Å². The number of fused-ring (bicyclic) bond motifs is 1. The predicted octanol–water partition coefficient (Wildman–Crippen LogP) is 5.30. The number of hydrogen-bond donors (Lipinski definition) is 0. The first-order valence-corrected chi connectivity index (χ1v) is 14.0. The maximum atomic E-state index is 13.5. The molecule has 2 aromatic carbocycles. The summed E-state index contributed by atoms with van der Waals surface area (Å²) in [4.78, 5) is 18.3. The number of rotatable bonds is 6. The molecule has 1 amide bonds. The monoisotopic (exact) mass is 522 g/mol. The van der Waals surface area contributed by atoms with Gasteiger partial charge in [0.25, 0.3) is 5.91 Å². The fourth-order valence-electron chi connectivity index (χ4n) is 4.18. The SMILES string of the molecule is Cc1ccc2nc(N(/N=C/c3ccco3)C(=O)c3ccc(S(=O)(=O)N4CCCC(C)C4)cc3)sc2c1. The number of benzene rings is 2. The highest BCUT2D eigenvalue weighted by atomic mass is 32.2. The minimum absolute atomic E-state index is 0.175. The third-order valence-corrected chi connectivity index (χ3v) is 8.98. The van der Waals surface area contributed by atoms with Gasteiger partial charge >= 0.3 is 0 Å². The molecule has 8 nitrogen and oxygen atoms in total. The Morgan fingerprint density at radius 3 is 2.75 bits per heavy atom. The molecule has 1 unspecified atom stereocenters. The van der Waals surface area contributed by atoms with Crippen LogP contribution in [0.2, 0.25) is 0 Å². The summed E-state index contributed by atoms with van der Waals surface area (Å²) in [5.41, 5.74) is 2.16. The second-order valence-electron chi connectivity index (χ2n) is 8.98. The molecule has 1 aliphatic rings. The van der Waals surface area contributed by atoms with Gasteiger partial charge in [-0.3, -0.25) is 4.79 Å². The molecule has 1 aliphatic heterocycles.